The molecule has 1 N–H and O–H groups in total. The maximum Gasteiger partial charge on any atom is 0.290 e. The van der Waals surface area contributed by atoms with Crippen molar-refractivity contribution in [3.05, 3.63) is 92.1 Å². The molecule has 0 bridgehead atoms. The van der Waals surface area contributed by atoms with E-state index in [0.717, 1.165) is 11.3 Å². The number of pyridine rings is 1. The minimum atomic E-state index is -0.282. The van der Waals surface area contributed by atoms with Crippen molar-refractivity contribution in [1.29, 1.82) is 0 Å². The molecule has 4 aromatic rings. The lowest BCUT2D eigenvalue weighted by molar-refractivity contribution is 0.299. The van der Waals surface area contributed by atoms with E-state index < -0.39 is 0 Å². The topological polar surface area (TPSA) is 77.2 Å². The highest BCUT2D eigenvalue weighted by molar-refractivity contribution is 5.77. The zero-order valence-corrected chi connectivity index (χ0v) is 15.0. The van der Waals surface area contributed by atoms with E-state index in [-0.39, 0.29) is 17.7 Å². The number of benzene rings is 2. The van der Waals surface area contributed by atoms with Crippen LogP contribution in [0.4, 0.5) is 0 Å². The van der Waals surface area contributed by atoms with Crippen LogP contribution >= 0.6 is 0 Å². The van der Waals surface area contributed by atoms with Crippen molar-refractivity contribution in [2.24, 2.45) is 0 Å². The Bertz CT molecular complexity index is 1230. The van der Waals surface area contributed by atoms with Crippen LogP contribution in [0.2, 0.25) is 0 Å². The largest absolute Gasteiger partial charge is 0.457 e. The van der Waals surface area contributed by atoms with E-state index in [0.29, 0.717) is 28.0 Å². The Morgan fingerprint density at radius 3 is 2.52 bits per heavy atom. The van der Waals surface area contributed by atoms with Gasteiger partial charge in [0, 0.05) is 17.3 Å². The summed E-state index contributed by atoms with van der Waals surface area (Å²) in [5, 5.41) is 0.441. The molecular weight excluding hydrogens is 344 g/mol. The molecule has 0 aliphatic heterocycles. The summed E-state index contributed by atoms with van der Waals surface area (Å²) in [6.07, 6.45) is 0. The summed E-state index contributed by atoms with van der Waals surface area (Å²) in [5.41, 5.74) is 2.01. The van der Waals surface area contributed by atoms with E-state index in [1.54, 1.807) is 18.2 Å². The maximum absolute atomic E-state index is 12.6. The summed E-state index contributed by atoms with van der Waals surface area (Å²) >= 11 is 0. The van der Waals surface area contributed by atoms with Gasteiger partial charge in [-0.25, -0.2) is 0 Å². The zero-order chi connectivity index (χ0) is 19.0. The zero-order valence-electron chi connectivity index (χ0n) is 15.0. The molecule has 2 aromatic carbocycles. The van der Waals surface area contributed by atoms with Gasteiger partial charge >= 0.3 is 0 Å². The molecule has 0 fully saturated rings. The van der Waals surface area contributed by atoms with E-state index in [1.807, 2.05) is 50.2 Å². The first-order valence-electron chi connectivity index (χ1n) is 8.57. The first-order chi connectivity index (χ1) is 13.0. The van der Waals surface area contributed by atoms with Gasteiger partial charge in [0.2, 0.25) is 0 Å². The van der Waals surface area contributed by atoms with E-state index >= 15 is 0 Å². The van der Waals surface area contributed by atoms with Crippen LogP contribution in [0.3, 0.4) is 0 Å². The summed E-state index contributed by atoms with van der Waals surface area (Å²) in [4.78, 5) is 27.6. The number of ether oxygens (including phenoxy) is 1. The molecule has 0 aliphatic rings. The number of nitrogens with zero attached hydrogens (tertiary/aromatic N) is 1. The fourth-order valence-electron chi connectivity index (χ4n) is 3.06. The van der Waals surface area contributed by atoms with Crippen molar-refractivity contribution in [1.82, 2.24) is 9.72 Å². The number of para-hydroxylation sites is 1. The van der Waals surface area contributed by atoms with Crippen molar-refractivity contribution in [2.45, 2.75) is 20.4 Å². The first-order valence-corrected chi connectivity index (χ1v) is 8.57. The summed E-state index contributed by atoms with van der Waals surface area (Å²) < 4.78 is 12.7. The number of H-pyrrole nitrogens is 1. The van der Waals surface area contributed by atoms with Crippen molar-refractivity contribution in [2.75, 3.05) is 0 Å². The molecule has 0 amide bonds. The van der Waals surface area contributed by atoms with Gasteiger partial charge in [-0.3, -0.25) is 9.59 Å². The quantitative estimate of drug-likeness (QED) is 0.600. The average Bonchev–Trinajstić information content (AvgIpc) is 2.94. The number of fused-ring (bicyclic) bond motifs is 1. The second-order valence-corrected chi connectivity index (χ2v) is 6.45. The van der Waals surface area contributed by atoms with Crippen LogP contribution < -0.4 is 15.9 Å². The van der Waals surface area contributed by atoms with Gasteiger partial charge < -0.3 is 14.2 Å². The Morgan fingerprint density at radius 1 is 1.00 bits per heavy atom. The molecule has 0 aliphatic carbocycles. The van der Waals surface area contributed by atoms with Gasteiger partial charge in [0.05, 0.1) is 11.9 Å². The number of hydrogen-bond donors (Lipinski definition) is 1. The number of aromatic nitrogens is 2. The fourth-order valence-corrected chi connectivity index (χ4v) is 3.06. The number of hydrogen-bond acceptors (Lipinski definition) is 4. The summed E-state index contributed by atoms with van der Waals surface area (Å²) in [5.74, 6) is 1.26. The highest BCUT2D eigenvalue weighted by Gasteiger charge is 2.14. The molecule has 2 heterocycles. The van der Waals surface area contributed by atoms with Gasteiger partial charge in [-0.05, 0) is 49.7 Å². The number of nitrogens with one attached hydrogen (secondary N) is 1. The molecule has 0 atom stereocenters. The van der Waals surface area contributed by atoms with Crippen molar-refractivity contribution in [3.8, 4) is 11.5 Å². The van der Waals surface area contributed by atoms with Crippen molar-refractivity contribution >= 4 is 11.0 Å². The predicted molar refractivity (Wildman–Crippen MR) is 103 cm³/mol. The second kappa shape index (κ2) is 6.64. The molecule has 0 unspecified atom stereocenters. The van der Waals surface area contributed by atoms with Crippen LogP contribution in [0.5, 0.6) is 11.5 Å². The standard InChI is InChI=1S/C21H18N2O4/c1-13-10-14(2)22-20(24)18(13)12-23-21(25)17-9-8-16(11-19(17)27-23)26-15-6-4-3-5-7-15/h3-11H,12H2,1-2H3,(H,22,24). The molecule has 4 rings (SSSR count). The highest BCUT2D eigenvalue weighted by Crippen LogP contribution is 2.24. The van der Waals surface area contributed by atoms with Crippen molar-refractivity contribution < 1.29 is 9.26 Å². The van der Waals surface area contributed by atoms with Gasteiger partial charge in [-0.15, -0.1) is 0 Å². The summed E-state index contributed by atoms with van der Waals surface area (Å²) in [6.45, 7) is 3.74. The lowest BCUT2D eigenvalue weighted by Crippen LogP contribution is -2.22. The molecule has 6 heteroatoms. The lowest BCUT2D eigenvalue weighted by Gasteiger charge is -2.05. The van der Waals surface area contributed by atoms with E-state index in [9.17, 15) is 9.59 Å². The molecule has 6 nitrogen and oxygen atoms in total. The van der Waals surface area contributed by atoms with Gasteiger partial charge in [0.1, 0.15) is 11.5 Å². The van der Waals surface area contributed by atoms with E-state index in [4.69, 9.17) is 9.26 Å². The maximum atomic E-state index is 12.6. The van der Waals surface area contributed by atoms with Crippen LogP contribution in [-0.4, -0.2) is 9.72 Å². The minimum absolute atomic E-state index is 0.0732. The molecule has 27 heavy (non-hydrogen) atoms. The second-order valence-electron chi connectivity index (χ2n) is 6.45. The van der Waals surface area contributed by atoms with Crippen LogP contribution in [0, 0.1) is 13.8 Å². The molecule has 0 radical (unpaired) electrons. The Hall–Kier alpha value is -3.54. The average molecular weight is 362 g/mol. The molecule has 0 saturated heterocycles. The summed E-state index contributed by atoms with van der Waals surface area (Å²) in [7, 11) is 0. The molecule has 2 aromatic heterocycles. The van der Waals surface area contributed by atoms with Crippen LogP contribution in [0.15, 0.2) is 68.7 Å². The third-order valence-corrected chi connectivity index (χ3v) is 4.39. The molecule has 0 spiro atoms. The number of aromatic amines is 1. The van der Waals surface area contributed by atoms with Gasteiger partial charge in [0.15, 0.2) is 5.58 Å². The predicted octanol–water partition coefficient (Wildman–Crippen LogP) is 3.74. The Morgan fingerprint density at radius 2 is 1.78 bits per heavy atom. The number of aryl methyl sites for hydroxylation is 2. The van der Waals surface area contributed by atoms with Crippen LogP contribution in [0.1, 0.15) is 16.8 Å². The number of rotatable bonds is 4. The van der Waals surface area contributed by atoms with Gasteiger partial charge in [-0.2, -0.15) is 4.74 Å². The third kappa shape index (κ3) is 3.29. The van der Waals surface area contributed by atoms with Gasteiger partial charge in [0.25, 0.3) is 11.1 Å². The van der Waals surface area contributed by atoms with Gasteiger partial charge in [-0.1, -0.05) is 18.2 Å². The molecule has 0 saturated carbocycles. The third-order valence-electron chi connectivity index (χ3n) is 4.39. The summed E-state index contributed by atoms with van der Waals surface area (Å²) in [6, 6.07) is 16.3. The molecular formula is C21H18N2O4. The van der Waals surface area contributed by atoms with Crippen LogP contribution in [0.25, 0.3) is 11.0 Å². The SMILES string of the molecule is Cc1cc(C)c(Cn2oc3cc(Oc4ccccc4)ccc3c2=O)c(=O)[nH]1. The van der Waals surface area contributed by atoms with Crippen LogP contribution in [-0.2, 0) is 6.54 Å². The Labute approximate surface area is 154 Å². The fraction of sp³-hybridized carbons (Fsp3) is 0.143. The normalized spacial score (nSPS) is 11.0. The highest BCUT2D eigenvalue weighted by atomic mass is 16.5. The monoisotopic (exact) mass is 362 g/mol. The van der Waals surface area contributed by atoms with E-state index in [2.05, 4.69) is 4.98 Å². The molecule has 136 valence electrons. The Kier molecular flexibility index (Phi) is 4.16. The Balaban J connectivity index is 1.70. The first kappa shape index (κ1) is 16.9. The smallest absolute Gasteiger partial charge is 0.290 e. The van der Waals surface area contributed by atoms with E-state index in [1.165, 1.54) is 4.74 Å². The van der Waals surface area contributed by atoms with Crippen molar-refractivity contribution in [3.63, 3.8) is 0 Å². The lowest BCUT2D eigenvalue weighted by atomic mass is 10.1. The minimum Gasteiger partial charge on any atom is -0.457 e.